The molecule has 1 heterocycles. The first-order chi connectivity index (χ1) is 36.7. The highest BCUT2D eigenvalue weighted by atomic mass is 15.1. The van der Waals surface area contributed by atoms with Crippen LogP contribution in [0.3, 0.4) is 0 Å². The molecule has 2 atom stereocenters. The third-order valence-electron chi connectivity index (χ3n) is 21.1. The Hall–Kier alpha value is -6.44. The van der Waals surface area contributed by atoms with E-state index in [4.69, 9.17) is 0 Å². The van der Waals surface area contributed by atoms with Gasteiger partial charge in [-0.1, -0.05) is 201 Å². The summed E-state index contributed by atoms with van der Waals surface area (Å²) in [5, 5.41) is 0. The summed E-state index contributed by atoms with van der Waals surface area (Å²) >= 11 is 0. The highest BCUT2D eigenvalue weighted by Crippen LogP contribution is 2.63. The summed E-state index contributed by atoms with van der Waals surface area (Å²) in [4.78, 5) is 2.40. The van der Waals surface area contributed by atoms with E-state index in [-0.39, 0.29) is 10.8 Å². The number of hydrogen-bond acceptors (Lipinski definition) is 1. The summed E-state index contributed by atoms with van der Waals surface area (Å²) in [6, 6.07) is 58.6. The van der Waals surface area contributed by atoms with E-state index < -0.39 is 0 Å². The summed E-state index contributed by atoms with van der Waals surface area (Å²) < 4.78 is 0. The van der Waals surface area contributed by atoms with Gasteiger partial charge in [-0.25, -0.2) is 0 Å². The highest BCUT2D eigenvalue weighted by Gasteiger charge is 2.52. The normalized spacial score (nSPS) is 22.3. The third kappa shape index (κ3) is 6.55. The molecule has 8 aromatic rings. The third-order valence-corrected chi connectivity index (χ3v) is 21.1. The number of anilines is 1. The van der Waals surface area contributed by atoms with E-state index >= 15 is 0 Å². The van der Waals surface area contributed by atoms with Crippen molar-refractivity contribution in [3.63, 3.8) is 0 Å². The minimum Gasteiger partial charge on any atom is -0.374 e. The van der Waals surface area contributed by atoms with Crippen LogP contribution in [0.1, 0.15) is 166 Å². The Balaban J connectivity index is 0.0000000993. The van der Waals surface area contributed by atoms with Crippen LogP contribution in [0, 0.1) is 20.8 Å². The molecule has 2 fully saturated rings. The Bertz CT molecular complexity index is 3650. The van der Waals surface area contributed by atoms with Gasteiger partial charge in [0.15, 0.2) is 0 Å². The fraction of sp³-hybridized carbons (Fsp3) is 0.351. The standard InChI is InChI=1S/C27H32.C24H20.C23H21N/c1-19-15-21-18-26(11-4-2-5-12-26)22-10-8-9-20-17-27(13-6-3-7-14-27)23(16-19)25(21)24(20)22;1-15-13-18-10-9-17-6-4-8-20-22(17)23(18)21(14-15)24(20)12-11-16-5-2-3-7-19(16)24;1-16-11-12-18-17-7-3-4-8-19(17)23(21(18)15-16)13-14-24(2)22-10-6-5-9-20(22)23/h8-10,15-16H,2-7,11-14,17-18H2,1H3;2-8,13-14H,9-12H2,1H3;3-12,15H,13-14H2,1-2H3. The van der Waals surface area contributed by atoms with Crippen molar-refractivity contribution in [2.24, 2.45) is 0 Å². The first-order valence-corrected chi connectivity index (χ1v) is 29.4. The SMILES string of the molecule is Cc1cc2c3c(c1)C1(CCCCC1)Cc1cccc(c1-3)C1(CCCCC1)C2.Cc1cc2c3c(c1)C1(CCc4ccccc41)c1cccc(c1-3)CC2.Cc1ccc2c(c1)C1(CCN(C)c3ccccc31)c1ccccc1-2. The predicted molar refractivity (Wildman–Crippen MR) is 313 cm³/mol. The van der Waals surface area contributed by atoms with E-state index in [0.717, 1.165) is 13.0 Å². The van der Waals surface area contributed by atoms with Crippen LogP contribution in [-0.4, -0.2) is 13.6 Å². The van der Waals surface area contributed by atoms with Gasteiger partial charge in [0.1, 0.15) is 0 Å². The second-order valence-corrected chi connectivity index (χ2v) is 25.2. The first kappa shape index (κ1) is 45.9. The lowest BCUT2D eigenvalue weighted by Gasteiger charge is -2.50. The zero-order chi connectivity index (χ0) is 50.3. The zero-order valence-electron chi connectivity index (χ0n) is 45.1. The van der Waals surface area contributed by atoms with Crippen molar-refractivity contribution in [1.82, 2.24) is 0 Å². The molecule has 17 rings (SSSR count). The van der Waals surface area contributed by atoms with Crippen LogP contribution in [0.2, 0.25) is 0 Å². The van der Waals surface area contributed by atoms with E-state index in [1.165, 1.54) is 153 Å². The summed E-state index contributed by atoms with van der Waals surface area (Å²) in [7, 11) is 2.21. The van der Waals surface area contributed by atoms with Crippen molar-refractivity contribution in [2.75, 3.05) is 18.5 Å². The van der Waals surface area contributed by atoms with Gasteiger partial charge in [0.05, 0.1) is 5.41 Å². The fourth-order valence-corrected chi connectivity index (χ4v) is 18.0. The lowest BCUT2D eigenvalue weighted by molar-refractivity contribution is 0.275. The molecular weight excluding hydrogens is 903 g/mol. The average molecular weight is 976 g/mol. The van der Waals surface area contributed by atoms with Gasteiger partial charge >= 0.3 is 0 Å². The largest absolute Gasteiger partial charge is 0.374 e. The number of hydrogen-bond donors (Lipinski definition) is 0. The quantitative estimate of drug-likeness (QED) is 0.146. The van der Waals surface area contributed by atoms with Crippen LogP contribution in [0.15, 0.2) is 152 Å². The Morgan fingerprint density at radius 2 is 0.867 bits per heavy atom. The second kappa shape index (κ2) is 17.0. The van der Waals surface area contributed by atoms with Gasteiger partial charge in [0.2, 0.25) is 0 Å². The lowest BCUT2D eigenvalue weighted by atomic mass is 9.54. The monoisotopic (exact) mass is 976 g/mol. The lowest BCUT2D eigenvalue weighted by Crippen LogP contribution is -2.40. The molecule has 1 heteroatoms. The van der Waals surface area contributed by atoms with Crippen molar-refractivity contribution in [1.29, 1.82) is 0 Å². The molecule has 9 aliphatic rings. The Morgan fingerprint density at radius 1 is 0.333 bits per heavy atom. The Kier molecular flexibility index (Phi) is 10.4. The summed E-state index contributed by atoms with van der Waals surface area (Å²) in [6.45, 7) is 7.90. The molecule has 1 nitrogen and oxygen atoms in total. The molecule has 0 N–H and O–H groups in total. The van der Waals surface area contributed by atoms with Crippen molar-refractivity contribution < 1.29 is 0 Å². The molecule has 2 unspecified atom stereocenters. The van der Waals surface area contributed by atoms with Crippen LogP contribution < -0.4 is 4.90 Å². The van der Waals surface area contributed by atoms with Crippen LogP contribution in [0.4, 0.5) is 5.69 Å². The molecular formula is C74H73N. The number of para-hydroxylation sites is 1. The topological polar surface area (TPSA) is 3.24 Å². The smallest absolute Gasteiger partial charge is 0.0500 e. The maximum Gasteiger partial charge on any atom is 0.0500 e. The maximum atomic E-state index is 2.59. The van der Waals surface area contributed by atoms with Gasteiger partial charge in [0, 0.05) is 24.7 Å². The Morgan fingerprint density at radius 3 is 1.67 bits per heavy atom. The molecule has 2 saturated carbocycles. The molecule has 0 bridgehead atoms. The minimum atomic E-state index is 0.00104. The van der Waals surface area contributed by atoms with Crippen LogP contribution in [0.25, 0.3) is 33.4 Å². The predicted octanol–water partition coefficient (Wildman–Crippen LogP) is 17.7. The molecule has 0 amide bonds. The molecule has 0 saturated heterocycles. The van der Waals surface area contributed by atoms with Crippen molar-refractivity contribution >= 4 is 5.69 Å². The molecule has 75 heavy (non-hydrogen) atoms. The van der Waals surface area contributed by atoms with Gasteiger partial charge in [-0.3, -0.25) is 0 Å². The number of rotatable bonds is 0. The van der Waals surface area contributed by atoms with Crippen molar-refractivity contribution in [3.8, 4) is 33.4 Å². The number of aryl methyl sites for hydroxylation is 6. The van der Waals surface area contributed by atoms with E-state index in [1.54, 1.807) is 77.9 Å². The van der Waals surface area contributed by atoms with Gasteiger partial charge < -0.3 is 4.90 Å². The summed E-state index contributed by atoms with van der Waals surface area (Å²) in [5.41, 5.74) is 36.6. The van der Waals surface area contributed by atoms with Gasteiger partial charge in [0.25, 0.3) is 0 Å². The van der Waals surface area contributed by atoms with E-state index in [1.807, 2.05) is 0 Å². The molecule has 4 spiro atoms. The minimum absolute atomic E-state index is 0.00104. The van der Waals surface area contributed by atoms with Crippen LogP contribution >= 0.6 is 0 Å². The maximum absolute atomic E-state index is 2.59. The zero-order valence-corrected chi connectivity index (χ0v) is 45.1. The Labute approximate surface area is 447 Å². The number of nitrogens with zero attached hydrogens (tertiary/aromatic N) is 1. The molecule has 1 aliphatic heterocycles. The van der Waals surface area contributed by atoms with E-state index in [9.17, 15) is 0 Å². The summed E-state index contributed by atoms with van der Waals surface area (Å²) in [5.74, 6) is 0. The molecule has 0 aromatic heterocycles. The van der Waals surface area contributed by atoms with Crippen LogP contribution in [-0.2, 0) is 53.8 Å². The van der Waals surface area contributed by atoms with Crippen LogP contribution in [0.5, 0.6) is 0 Å². The average Bonchev–Trinajstić information content (AvgIpc) is 4.21. The summed E-state index contributed by atoms with van der Waals surface area (Å²) in [6.07, 6.45) is 22.7. The van der Waals surface area contributed by atoms with Gasteiger partial charge in [-0.05, 0) is 214 Å². The van der Waals surface area contributed by atoms with Gasteiger partial charge in [-0.15, -0.1) is 0 Å². The molecule has 8 aliphatic carbocycles. The van der Waals surface area contributed by atoms with E-state index in [2.05, 4.69) is 184 Å². The van der Waals surface area contributed by atoms with E-state index in [0.29, 0.717) is 10.8 Å². The fourth-order valence-electron chi connectivity index (χ4n) is 18.0. The van der Waals surface area contributed by atoms with Crippen molar-refractivity contribution in [3.05, 3.63) is 241 Å². The van der Waals surface area contributed by atoms with Crippen molar-refractivity contribution in [2.45, 2.75) is 152 Å². The number of fused-ring (bicyclic) bond motifs is 13. The molecule has 374 valence electrons. The molecule has 0 radical (unpaired) electrons. The highest BCUT2D eigenvalue weighted by molar-refractivity contribution is 5.91. The number of benzene rings is 8. The van der Waals surface area contributed by atoms with Gasteiger partial charge in [-0.2, -0.15) is 0 Å². The first-order valence-electron chi connectivity index (χ1n) is 29.4. The molecule has 8 aromatic carbocycles. The second-order valence-electron chi connectivity index (χ2n) is 25.2.